The van der Waals surface area contributed by atoms with Crippen molar-refractivity contribution in [3.63, 3.8) is 0 Å². The summed E-state index contributed by atoms with van der Waals surface area (Å²) in [6, 6.07) is 13.5. The fourth-order valence-electron chi connectivity index (χ4n) is 2.90. The van der Waals surface area contributed by atoms with Crippen LogP contribution in [0.25, 0.3) is 0 Å². The van der Waals surface area contributed by atoms with Gasteiger partial charge in [-0.15, -0.1) is 0 Å². The third-order valence-corrected chi connectivity index (χ3v) is 4.18. The van der Waals surface area contributed by atoms with Crippen LogP contribution in [0.2, 0.25) is 0 Å². The highest BCUT2D eigenvalue weighted by Gasteiger charge is 2.27. The zero-order chi connectivity index (χ0) is 18.1. The van der Waals surface area contributed by atoms with Crippen LogP contribution in [0, 0.1) is 11.6 Å². The lowest BCUT2D eigenvalue weighted by Crippen LogP contribution is -2.40. The Morgan fingerprint density at radius 3 is 2.58 bits per heavy atom. The molecular formula is C19H15F2N3O2. The monoisotopic (exact) mass is 355 g/mol. The number of amides is 1. The van der Waals surface area contributed by atoms with Gasteiger partial charge >= 0.3 is 0 Å². The van der Waals surface area contributed by atoms with E-state index in [9.17, 15) is 13.6 Å². The lowest BCUT2D eigenvalue weighted by molar-refractivity contribution is 0.0962. The molecule has 1 aliphatic heterocycles. The number of carbonyl (C=O) groups is 1. The quantitative estimate of drug-likeness (QED) is 0.721. The highest BCUT2D eigenvalue weighted by molar-refractivity contribution is 6.05. The van der Waals surface area contributed by atoms with Gasteiger partial charge in [0.2, 0.25) is 0 Å². The second-order valence-electron chi connectivity index (χ2n) is 5.90. The van der Waals surface area contributed by atoms with E-state index in [4.69, 9.17) is 4.74 Å². The van der Waals surface area contributed by atoms with E-state index in [1.807, 2.05) is 0 Å². The minimum absolute atomic E-state index is 0.0603. The van der Waals surface area contributed by atoms with Crippen LogP contribution < -0.4 is 9.64 Å². The summed E-state index contributed by atoms with van der Waals surface area (Å²) in [5, 5.41) is 4.35. The Morgan fingerprint density at radius 2 is 1.81 bits per heavy atom. The molecule has 0 atom stereocenters. The summed E-state index contributed by atoms with van der Waals surface area (Å²) in [6.07, 6.45) is 0. The molecule has 132 valence electrons. The first-order chi connectivity index (χ1) is 12.6. The van der Waals surface area contributed by atoms with Gasteiger partial charge in [-0.3, -0.25) is 9.48 Å². The van der Waals surface area contributed by atoms with E-state index in [1.165, 1.54) is 24.3 Å². The summed E-state index contributed by atoms with van der Waals surface area (Å²) in [4.78, 5) is 14.3. The van der Waals surface area contributed by atoms with Gasteiger partial charge in [0.15, 0.2) is 11.6 Å². The van der Waals surface area contributed by atoms with E-state index in [0.29, 0.717) is 30.2 Å². The van der Waals surface area contributed by atoms with Crippen LogP contribution in [0.15, 0.2) is 54.6 Å². The molecule has 4 rings (SSSR count). The number of hydrogen-bond acceptors (Lipinski definition) is 3. The van der Waals surface area contributed by atoms with E-state index >= 15 is 0 Å². The lowest BCUT2D eigenvalue weighted by Gasteiger charge is -2.27. The Labute approximate surface area is 148 Å². The van der Waals surface area contributed by atoms with Crippen LogP contribution in [0.5, 0.6) is 5.75 Å². The molecule has 0 unspecified atom stereocenters. The third kappa shape index (κ3) is 3.03. The van der Waals surface area contributed by atoms with Crippen molar-refractivity contribution in [2.24, 2.45) is 0 Å². The third-order valence-electron chi connectivity index (χ3n) is 4.18. The van der Waals surface area contributed by atoms with Crippen molar-refractivity contribution in [3.8, 4) is 5.75 Å². The lowest BCUT2D eigenvalue weighted by atomic mass is 10.2. The van der Waals surface area contributed by atoms with Gasteiger partial charge in [0.25, 0.3) is 5.91 Å². The number of rotatable bonds is 4. The summed E-state index contributed by atoms with van der Waals surface area (Å²) >= 11 is 0. The zero-order valence-electron chi connectivity index (χ0n) is 13.7. The molecule has 1 aliphatic rings. The maximum atomic E-state index is 13.6. The summed E-state index contributed by atoms with van der Waals surface area (Å²) in [6.45, 7) is 1.01. The van der Waals surface area contributed by atoms with E-state index in [-0.39, 0.29) is 24.1 Å². The summed E-state index contributed by atoms with van der Waals surface area (Å²) in [5.74, 6) is -0.879. The number of ether oxygens (including phenoxy) is 1. The minimum Gasteiger partial charge on any atom is -0.484 e. The Morgan fingerprint density at radius 1 is 1.04 bits per heavy atom. The maximum Gasteiger partial charge on any atom is 0.276 e. The van der Waals surface area contributed by atoms with Crippen LogP contribution >= 0.6 is 0 Å². The molecule has 0 fully saturated rings. The number of halogens is 2. The fraction of sp³-hybridized carbons (Fsp3) is 0.158. The van der Waals surface area contributed by atoms with Gasteiger partial charge in [-0.25, -0.2) is 8.78 Å². The normalized spacial score (nSPS) is 13.6. The first-order valence-corrected chi connectivity index (χ1v) is 8.13. The average Bonchev–Trinajstić information content (AvgIpc) is 3.06. The standard InChI is InChI=1S/C19H15F2N3O2/c20-13-5-7-15(8-6-13)23-9-10-24-17(19(23)25)11-14(22-24)12-26-18-4-2-1-3-16(18)21/h1-8,11H,9-10,12H2. The molecule has 0 radical (unpaired) electrons. The van der Waals surface area contributed by atoms with Crippen LogP contribution in [-0.2, 0) is 13.2 Å². The largest absolute Gasteiger partial charge is 0.484 e. The number of benzene rings is 2. The summed E-state index contributed by atoms with van der Waals surface area (Å²) in [7, 11) is 0. The summed E-state index contributed by atoms with van der Waals surface area (Å²) < 4.78 is 33.8. The second kappa shape index (κ2) is 6.59. The number of aromatic nitrogens is 2. The number of carbonyl (C=O) groups excluding carboxylic acids is 1. The number of nitrogens with zero attached hydrogens (tertiary/aromatic N) is 3. The molecule has 3 aromatic rings. The number of anilines is 1. The predicted molar refractivity (Wildman–Crippen MR) is 91.0 cm³/mol. The molecule has 2 aromatic carbocycles. The van der Waals surface area contributed by atoms with E-state index in [1.54, 1.807) is 39.9 Å². The van der Waals surface area contributed by atoms with Crippen molar-refractivity contribution in [1.82, 2.24) is 9.78 Å². The number of para-hydroxylation sites is 1. The molecule has 0 saturated carbocycles. The molecule has 0 spiro atoms. The highest BCUT2D eigenvalue weighted by Crippen LogP contribution is 2.23. The van der Waals surface area contributed by atoms with E-state index < -0.39 is 5.82 Å². The van der Waals surface area contributed by atoms with Crippen LogP contribution in [-0.4, -0.2) is 22.2 Å². The average molecular weight is 355 g/mol. The molecule has 0 N–H and O–H groups in total. The molecule has 0 bridgehead atoms. The van der Waals surface area contributed by atoms with E-state index in [0.717, 1.165) is 0 Å². The number of hydrogen-bond donors (Lipinski definition) is 0. The molecule has 26 heavy (non-hydrogen) atoms. The zero-order valence-corrected chi connectivity index (χ0v) is 13.7. The van der Waals surface area contributed by atoms with E-state index in [2.05, 4.69) is 5.10 Å². The Balaban J connectivity index is 1.52. The van der Waals surface area contributed by atoms with Gasteiger partial charge in [0.05, 0.1) is 6.54 Å². The SMILES string of the molecule is O=C1c2cc(COc3ccccc3F)nn2CCN1c1ccc(F)cc1. The van der Waals surface area contributed by atoms with Crippen molar-refractivity contribution < 1.29 is 18.3 Å². The van der Waals surface area contributed by atoms with Gasteiger partial charge in [0, 0.05) is 12.2 Å². The molecule has 1 amide bonds. The van der Waals surface area contributed by atoms with Crippen molar-refractivity contribution in [2.45, 2.75) is 13.2 Å². The van der Waals surface area contributed by atoms with Crippen LogP contribution in [0.4, 0.5) is 14.5 Å². The molecule has 0 aliphatic carbocycles. The Kier molecular flexibility index (Phi) is 4.12. The molecule has 7 heteroatoms. The molecule has 0 saturated heterocycles. The van der Waals surface area contributed by atoms with Gasteiger partial charge in [0.1, 0.15) is 23.8 Å². The van der Waals surface area contributed by atoms with Gasteiger partial charge in [-0.1, -0.05) is 12.1 Å². The Bertz CT molecular complexity index is 954. The summed E-state index contributed by atoms with van der Waals surface area (Å²) in [5.41, 5.74) is 1.60. The van der Waals surface area contributed by atoms with Gasteiger partial charge in [-0.2, -0.15) is 5.10 Å². The number of fused-ring (bicyclic) bond motifs is 1. The second-order valence-corrected chi connectivity index (χ2v) is 5.90. The fourth-order valence-corrected chi connectivity index (χ4v) is 2.90. The van der Waals surface area contributed by atoms with Crippen molar-refractivity contribution in [2.75, 3.05) is 11.4 Å². The highest BCUT2D eigenvalue weighted by atomic mass is 19.1. The van der Waals surface area contributed by atoms with Gasteiger partial charge < -0.3 is 9.64 Å². The molecular weight excluding hydrogens is 340 g/mol. The molecule has 2 heterocycles. The predicted octanol–water partition coefficient (Wildman–Crippen LogP) is 3.40. The van der Waals surface area contributed by atoms with Crippen molar-refractivity contribution in [3.05, 3.63) is 77.6 Å². The topological polar surface area (TPSA) is 47.4 Å². The van der Waals surface area contributed by atoms with Crippen molar-refractivity contribution >= 4 is 11.6 Å². The first kappa shape index (κ1) is 16.3. The smallest absolute Gasteiger partial charge is 0.276 e. The maximum absolute atomic E-state index is 13.6. The molecule has 1 aromatic heterocycles. The van der Waals surface area contributed by atoms with Gasteiger partial charge in [-0.05, 0) is 42.5 Å². The van der Waals surface area contributed by atoms with Crippen molar-refractivity contribution in [1.29, 1.82) is 0 Å². The minimum atomic E-state index is -0.449. The van der Waals surface area contributed by atoms with Crippen LogP contribution in [0.1, 0.15) is 16.2 Å². The Hall–Kier alpha value is -3.22. The molecule has 5 nitrogen and oxygen atoms in total. The first-order valence-electron chi connectivity index (χ1n) is 8.13. The van der Waals surface area contributed by atoms with Crippen LogP contribution in [0.3, 0.4) is 0 Å².